The number of hydrogen-bond donors (Lipinski definition) is 1. The third-order valence-corrected chi connectivity index (χ3v) is 1.23. The van der Waals surface area contributed by atoms with Crippen molar-refractivity contribution in [2.45, 2.75) is 12.0 Å². The molecule has 0 aromatic carbocycles. The fourth-order valence-corrected chi connectivity index (χ4v) is 0.610. The van der Waals surface area contributed by atoms with E-state index in [2.05, 4.69) is 0 Å². The zero-order chi connectivity index (χ0) is 11.4. The summed E-state index contributed by atoms with van der Waals surface area (Å²) in [5, 5.41) is 9.56. The maximum Gasteiger partial charge on any atom is 0.267 e. The van der Waals surface area contributed by atoms with Gasteiger partial charge < -0.3 is 10.0 Å². The van der Waals surface area contributed by atoms with Crippen molar-refractivity contribution in [1.82, 2.24) is 4.90 Å². The number of terminal acetylenes is 1. The topological polar surface area (TPSA) is 40.5 Å². The summed E-state index contributed by atoms with van der Waals surface area (Å²) >= 11 is 0. The molecule has 1 aliphatic rings. The number of amides is 1. The van der Waals surface area contributed by atoms with E-state index in [1.54, 1.807) is 5.92 Å². The molecule has 1 fully saturated rings. The van der Waals surface area contributed by atoms with Gasteiger partial charge in [0.1, 0.15) is 0 Å². The van der Waals surface area contributed by atoms with Gasteiger partial charge in [0.2, 0.25) is 5.60 Å². The molecule has 0 saturated carbocycles. The Balaban J connectivity index is 3.42. The Kier molecular flexibility index (Phi) is 0.678. The highest BCUT2D eigenvalue weighted by molar-refractivity contribution is 5.90. The second-order valence-corrected chi connectivity index (χ2v) is 1.96. The molecule has 0 radical (unpaired) electrons. The van der Waals surface area contributed by atoms with E-state index < -0.39 is 24.4 Å². The van der Waals surface area contributed by atoms with Crippen LogP contribution >= 0.6 is 0 Å². The van der Waals surface area contributed by atoms with E-state index in [1.165, 1.54) is 0 Å². The first-order chi connectivity index (χ1) is 6.13. The van der Waals surface area contributed by atoms with Gasteiger partial charge in [-0.2, -0.15) is 0 Å². The molecule has 3 heteroatoms. The van der Waals surface area contributed by atoms with Crippen molar-refractivity contribution in [1.29, 1.82) is 0 Å². The average molecular weight is 143 g/mol. The van der Waals surface area contributed by atoms with Crippen LogP contribution in [0.3, 0.4) is 0 Å². The van der Waals surface area contributed by atoms with Crippen LogP contribution in [0.4, 0.5) is 0 Å². The van der Waals surface area contributed by atoms with Crippen molar-refractivity contribution >= 4 is 5.91 Å². The van der Waals surface area contributed by atoms with Gasteiger partial charge >= 0.3 is 0 Å². The van der Waals surface area contributed by atoms with Crippen LogP contribution in [0.1, 0.15) is 11.9 Å². The SMILES string of the molecule is [2H]C1([2H])N(C)C(=O)[C@](O)(C#C)C1([2H])[2H]. The fraction of sp³-hybridized carbons (Fsp3) is 0.571. The number of likely N-dealkylation sites (tertiary alicyclic amines) is 1. The molecule has 1 aliphatic heterocycles. The van der Waals surface area contributed by atoms with Crippen molar-refractivity contribution in [3.05, 3.63) is 0 Å². The largest absolute Gasteiger partial charge is 0.369 e. The quantitative estimate of drug-likeness (QED) is 0.452. The van der Waals surface area contributed by atoms with Crippen molar-refractivity contribution < 1.29 is 15.4 Å². The highest BCUT2D eigenvalue weighted by Crippen LogP contribution is 2.19. The Morgan fingerprint density at radius 3 is 2.90 bits per heavy atom. The van der Waals surface area contributed by atoms with E-state index in [0.717, 1.165) is 7.05 Å². The minimum atomic E-state index is -2.83. The number of rotatable bonds is 0. The van der Waals surface area contributed by atoms with Crippen molar-refractivity contribution in [3.63, 3.8) is 0 Å². The molecule has 1 saturated heterocycles. The van der Waals surface area contributed by atoms with E-state index >= 15 is 0 Å². The van der Waals surface area contributed by atoms with Crippen LogP contribution in [0.25, 0.3) is 0 Å². The summed E-state index contributed by atoms with van der Waals surface area (Å²) in [7, 11) is 1.05. The number of aliphatic hydroxyl groups is 1. The fourth-order valence-electron chi connectivity index (χ4n) is 0.610. The van der Waals surface area contributed by atoms with Gasteiger partial charge in [-0.1, -0.05) is 5.92 Å². The van der Waals surface area contributed by atoms with Gasteiger partial charge in [-0.15, -0.1) is 6.42 Å². The van der Waals surface area contributed by atoms with Gasteiger partial charge in [0, 0.05) is 25.4 Å². The van der Waals surface area contributed by atoms with Gasteiger partial charge in [-0.05, 0) is 0 Å². The molecule has 0 unspecified atom stereocenters. The van der Waals surface area contributed by atoms with Crippen LogP contribution in [0.5, 0.6) is 0 Å². The van der Waals surface area contributed by atoms with Gasteiger partial charge in [-0.25, -0.2) is 0 Å². The molecule has 54 valence electrons. The average Bonchev–Trinajstić information content (AvgIpc) is 2.19. The monoisotopic (exact) mass is 143 g/mol. The first-order valence-corrected chi connectivity index (χ1v) is 2.61. The molecular formula is C7H9NO2. The highest BCUT2D eigenvalue weighted by atomic mass is 16.3. The lowest BCUT2D eigenvalue weighted by molar-refractivity contribution is -0.137. The van der Waals surface area contributed by atoms with E-state index in [0.29, 0.717) is 4.90 Å². The lowest BCUT2D eigenvalue weighted by atomic mass is 10.1. The van der Waals surface area contributed by atoms with Crippen LogP contribution in [0.2, 0.25) is 0 Å². The van der Waals surface area contributed by atoms with Crippen molar-refractivity contribution in [2.24, 2.45) is 0 Å². The summed E-state index contributed by atoms with van der Waals surface area (Å²) in [6.07, 6.45) is 2.03. The number of hydrogen-bond acceptors (Lipinski definition) is 2. The minimum absolute atomic E-state index is 0.479. The summed E-state index contributed by atoms with van der Waals surface area (Å²) in [6.45, 7) is -2.62. The molecule has 1 rings (SSSR count). The Bertz CT molecular complexity index is 335. The van der Waals surface area contributed by atoms with E-state index in [1.807, 2.05) is 0 Å². The maximum atomic E-state index is 11.3. The maximum absolute atomic E-state index is 11.3. The standard InChI is InChI=1S/C7H9NO2/c1-3-7(10)4-5-8(2)6(7)9/h1,10H,4-5H2,2H3/t7-/m0/s1/i4D2,5D2. The lowest BCUT2D eigenvalue weighted by Gasteiger charge is -2.12. The first-order valence-electron chi connectivity index (χ1n) is 4.61. The summed E-state index contributed by atoms with van der Waals surface area (Å²) in [4.78, 5) is 11.8. The molecule has 0 aromatic rings. The summed E-state index contributed by atoms with van der Waals surface area (Å²) in [6, 6.07) is 0. The predicted molar refractivity (Wildman–Crippen MR) is 36.0 cm³/mol. The molecule has 10 heavy (non-hydrogen) atoms. The van der Waals surface area contributed by atoms with Gasteiger partial charge in [-0.3, -0.25) is 4.79 Å². The number of carbonyl (C=O) groups is 1. The third kappa shape index (κ3) is 0.775. The van der Waals surface area contributed by atoms with Crippen LogP contribution in [0, 0.1) is 12.3 Å². The van der Waals surface area contributed by atoms with E-state index in [9.17, 15) is 9.90 Å². The zero-order valence-electron chi connectivity index (χ0n) is 9.38. The van der Waals surface area contributed by atoms with Crippen LogP contribution in [-0.4, -0.2) is 35.1 Å². The molecule has 1 atom stereocenters. The second kappa shape index (κ2) is 1.99. The van der Waals surface area contributed by atoms with E-state index in [4.69, 9.17) is 11.9 Å². The molecule has 1 amide bonds. The molecule has 0 aliphatic carbocycles. The molecular weight excluding hydrogens is 130 g/mol. The summed E-state index contributed by atoms with van der Waals surface area (Å²) < 4.78 is 29.3. The van der Waals surface area contributed by atoms with Crippen molar-refractivity contribution in [2.75, 3.05) is 13.5 Å². The number of likely N-dealkylation sites (N-methyl/N-ethyl adjacent to an activating group) is 1. The normalized spacial score (nSPS) is 48.5. The molecule has 0 aromatic heterocycles. The Labute approximate surface area is 65.3 Å². The lowest BCUT2D eigenvalue weighted by Crippen LogP contribution is -2.36. The Hall–Kier alpha value is -1.01. The Morgan fingerprint density at radius 1 is 2.10 bits per heavy atom. The molecule has 1 N–H and O–H groups in total. The third-order valence-electron chi connectivity index (χ3n) is 1.23. The number of carbonyl (C=O) groups excluding carboxylic acids is 1. The zero-order valence-corrected chi connectivity index (χ0v) is 5.38. The van der Waals surface area contributed by atoms with Crippen molar-refractivity contribution in [3.8, 4) is 12.3 Å². The smallest absolute Gasteiger partial charge is 0.267 e. The first kappa shape index (κ1) is 3.40. The predicted octanol–water partition coefficient (Wildman–Crippen LogP) is -0.787. The molecule has 0 bridgehead atoms. The van der Waals surface area contributed by atoms with Crippen LogP contribution in [0.15, 0.2) is 0 Å². The second-order valence-electron chi connectivity index (χ2n) is 1.96. The highest BCUT2D eigenvalue weighted by Gasteiger charge is 2.41. The summed E-state index contributed by atoms with van der Waals surface area (Å²) in [5.41, 5.74) is -2.73. The Morgan fingerprint density at radius 2 is 2.70 bits per heavy atom. The van der Waals surface area contributed by atoms with Gasteiger partial charge in [0.05, 0.1) is 0 Å². The number of nitrogens with zero attached hydrogens (tertiary/aromatic N) is 1. The van der Waals surface area contributed by atoms with Gasteiger partial charge in [0.25, 0.3) is 5.91 Å². The van der Waals surface area contributed by atoms with E-state index in [-0.39, 0.29) is 0 Å². The van der Waals surface area contributed by atoms with Crippen LogP contribution in [-0.2, 0) is 4.79 Å². The molecule has 0 spiro atoms. The van der Waals surface area contributed by atoms with Gasteiger partial charge in [0.15, 0.2) is 0 Å². The minimum Gasteiger partial charge on any atom is -0.369 e. The molecule has 3 nitrogen and oxygen atoms in total. The molecule has 1 heterocycles. The summed E-state index contributed by atoms with van der Waals surface area (Å²) in [5.74, 6) is 0.472. The van der Waals surface area contributed by atoms with Crippen LogP contribution < -0.4 is 0 Å².